The van der Waals surface area contributed by atoms with Crippen molar-refractivity contribution in [2.75, 3.05) is 13.0 Å². The zero-order valence-electron chi connectivity index (χ0n) is 10.7. The summed E-state index contributed by atoms with van der Waals surface area (Å²) in [5.74, 6) is 0.597. The van der Waals surface area contributed by atoms with Gasteiger partial charge >= 0.3 is 0 Å². The van der Waals surface area contributed by atoms with Gasteiger partial charge in [0.1, 0.15) is 0 Å². The minimum atomic E-state index is -0.106. The van der Waals surface area contributed by atoms with Crippen LogP contribution in [-0.2, 0) is 4.74 Å². The van der Waals surface area contributed by atoms with Crippen molar-refractivity contribution in [1.29, 1.82) is 0 Å². The number of methoxy groups -OCH3 is 1. The van der Waals surface area contributed by atoms with Gasteiger partial charge in [-0.25, -0.2) is 0 Å². The van der Waals surface area contributed by atoms with Crippen LogP contribution in [-0.4, -0.2) is 18.6 Å². The Morgan fingerprint density at radius 2 is 1.53 bits per heavy atom. The molecule has 0 N–H and O–H groups in total. The van der Waals surface area contributed by atoms with E-state index in [-0.39, 0.29) is 5.60 Å². The van der Waals surface area contributed by atoms with E-state index in [1.807, 2.05) is 0 Å². The highest BCUT2D eigenvalue weighted by atomic mass is 35.5. The molecule has 0 aliphatic carbocycles. The minimum absolute atomic E-state index is 0.106. The standard InChI is InChI=1S/C13H27ClO/c1-4-5-6-7-8-9-10-11-13(2,12-14)15-3/h4-12H2,1-3H3. The van der Waals surface area contributed by atoms with Crippen LogP contribution in [0.15, 0.2) is 0 Å². The van der Waals surface area contributed by atoms with Crippen LogP contribution in [0.5, 0.6) is 0 Å². The van der Waals surface area contributed by atoms with Gasteiger partial charge in [-0.3, -0.25) is 0 Å². The minimum Gasteiger partial charge on any atom is -0.377 e. The fourth-order valence-electron chi connectivity index (χ4n) is 1.68. The molecular formula is C13H27ClO. The van der Waals surface area contributed by atoms with Gasteiger partial charge < -0.3 is 4.74 Å². The third-order valence-corrected chi connectivity index (χ3v) is 3.65. The van der Waals surface area contributed by atoms with Gasteiger partial charge in [0.05, 0.1) is 11.5 Å². The molecule has 92 valence electrons. The first-order chi connectivity index (χ1) is 7.18. The van der Waals surface area contributed by atoms with Crippen molar-refractivity contribution in [2.24, 2.45) is 0 Å². The second kappa shape index (κ2) is 9.47. The zero-order chi connectivity index (χ0) is 11.6. The molecule has 2 heteroatoms. The number of halogens is 1. The number of rotatable bonds is 10. The summed E-state index contributed by atoms with van der Waals surface area (Å²) < 4.78 is 5.40. The monoisotopic (exact) mass is 234 g/mol. The van der Waals surface area contributed by atoms with E-state index in [4.69, 9.17) is 16.3 Å². The van der Waals surface area contributed by atoms with Gasteiger partial charge in [0.15, 0.2) is 0 Å². The Hall–Kier alpha value is 0.250. The SMILES string of the molecule is CCCCCCCCCC(C)(CCl)OC. The maximum absolute atomic E-state index is 5.87. The molecule has 0 aliphatic heterocycles. The molecule has 0 aliphatic rings. The lowest BCUT2D eigenvalue weighted by Crippen LogP contribution is -2.29. The fraction of sp³-hybridized carbons (Fsp3) is 1.00. The van der Waals surface area contributed by atoms with Gasteiger partial charge in [-0.2, -0.15) is 0 Å². The lowest BCUT2D eigenvalue weighted by Gasteiger charge is -2.25. The van der Waals surface area contributed by atoms with E-state index in [1.165, 1.54) is 44.9 Å². The van der Waals surface area contributed by atoms with Crippen molar-refractivity contribution in [3.8, 4) is 0 Å². The molecule has 15 heavy (non-hydrogen) atoms. The summed E-state index contributed by atoms with van der Waals surface area (Å²) in [6.45, 7) is 4.35. The van der Waals surface area contributed by atoms with Gasteiger partial charge in [-0.15, -0.1) is 11.6 Å². The molecular weight excluding hydrogens is 208 g/mol. The van der Waals surface area contributed by atoms with Crippen LogP contribution < -0.4 is 0 Å². The molecule has 0 spiro atoms. The molecule has 0 radical (unpaired) electrons. The smallest absolute Gasteiger partial charge is 0.0785 e. The molecule has 0 heterocycles. The first kappa shape index (κ1) is 15.2. The normalized spacial score (nSPS) is 15.2. The van der Waals surface area contributed by atoms with E-state index in [0.29, 0.717) is 5.88 Å². The van der Waals surface area contributed by atoms with Crippen molar-refractivity contribution >= 4 is 11.6 Å². The van der Waals surface area contributed by atoms with Crippen molar-refractivity contribution in [2.45, 2.75) is 70.8 Å². The number of unbranched alkanes of at least 4 members (excludes halogenated alkanes) is 6. The van der Waals surface area contributed by atoms with Crippen molar-refractivity contribution in [3.63, 3.8) is 0 Å². The molecule has 0 aromatic carbocycles. The van der Waals surface area contributed by atoms with Crippen LogP contribution in [0.25, 0.3) is 0 Å². The first-order valence-corrected chi connectivity index (χ1v) is 6.83. The summed E-state index contributed by atoms with van der Waals surface area (Å²) in [7, 11) is 1.75. The third-order valence-electron chi connectivity index (χ3n) is 3.08. The quantitative estimate of drug-likeness (QED) is 0.391. The average molecular weight is 235 g/mol. The third kappa shape index (κ3) is 8.10. The van der Waals surface area contributed by atoms with Gasteiger partial charge in [0.2, 0.25) is 0 Å². The molecule has 0 aromatic heterocycles. The highest BCUT2D eigenvalue weighted by molar-refractivity contribution is 6.18. The molecule has 1 unspecified atom stereocenters. The molecule has 0 amide bonds. The summed E-state index contributed by atoms with van der Waals surface area (Å²) in [6.07, 6.45) is 10.5. The van der Waals surface area contributed by atoms with E-state index < -0.39 is 0 Å². The second-order valence-electron chi connectivity index (χ2n) is 4.66. The van der Waals surface area contributed by atoms with Crippen LogP contribution in [0.2, 0.25) is 0 Å². The summed E-state index contributed by atoms with van der Waals surface area (Å²) in [6, 6.07) is 0. The van der Waals surface area contributed by atoms with E-state index in [1.54, 1.807) is 7.11 Å². The van der Waals surface area contributed by atoms with E-state index >= 15 is 0 Å². The average Bonchev–Trinajstić information content (AvgIpc) is 2.27. The van der Waals surface area contributed by atoms with Gasteiger partial charge in [-0.1, -0.05) is 51.9 Å². The predicted octanol–water partition coefficient (Wildman–Crippen LogP) is 4.77. The van der Waals surface area contributed by atoms with Crippen molar-refractivity contribution < 1.29 is 4.74 Å². The number of alkyl halides is 1. The second-order valence-corrected chi connectivity index (χ2v) is 4.93. The first-order valence-electron chi connectivity index (χ1n) is 6.29. The molecule has 0 saturated carbocycles. The largest absolute Gasteiger partial charge is 0.377 e. The van der Waals surface area contributed by atoms with Crippen LogP contribution >= 0.6 is 11.6 Å². The Bertz CT molecular complexity index is 132. The summed E-state index contributed by atoms with van der Waals surface area (Å²) >= 11 is 5.87. The number of hydrogen-bond donors (Lipinski definition) is 0. The van der Waals surface area contributed by atoms with Gasteiger partial charge in [-0.05, 0) is 13.3 Å². The Morgan fingerprint density at radius 1 is 1.00 bits per heavy atom. The predicted molar refractivity (Wildman–Crippen MR) is 68.7 cm³/mol. The van der Waals surface area contributed by atoms with E-state index in [2.05, 4.69) is 13.8 Å². The fourth-order valence-corrected chi connectivity index (χ4v) is 1.92. The Kier molecular flexibility index (Phi) is 9.63. The topological polar surface area (TPSA) is 9.23 Å². The maximum Gasteiger partial charge on any atom is 0.0785 e. The lowest BCUT2D eigenvalue weighted by atomic mass is 9.99. The number of hydrogen-bond acceptors (Lipinski definition) is 1. The van der Waals surface area contributed by atoms with Crippen molar-refractivity contribution in [1.82, 2.24) is 0 Å². The molecule has 0 fully saturated rings. The highest BCUT2D eigenvalue weighted by Gasteiger charge is 2.21. The van der Waals surface area contributed by atoms with Crippen molar-refractivity contribution in [3.05, 3.63) is 0 Å². The van der Waals surface area contributed by atoms with Crippen LogP contribution in [0.3, 0.4) is 0 Å². The van der Waals surface area contributed by atoms with E-state index in [0.717, 1.165) is 6.42 Å². The maximum atomic E-state index is 5.87. The Morgan fingerprint density at radius 3 is 2.00 bits per heavy atom. The number of ether oxygens (including phenoxy) is 1. The molecule has 1 nitrogen and oxygen atoms in total. The lowest BCUT2D eigenvalue weighted by molar-refractivity contribution is 0.0165. The molecule has 1 atom stereocenters. The Labute approximate surface area is 101 Å². The summed E-state index contributed by atoms with van der Waals surface area (Å²) in [5.41, 5.74) is -0.106. The van der Waals surface area contributed by atoms with Crippen LogP contribution in [0, 0.1) is 0 Å². The Balaban J connectivity index is 3.29. The van der Waals surface area contributed by atoms with E-state index in [9.17, 15) is 0 Å². The van der Waals surface area contributed by atoms with Crippen LogP contribution in [0.1, 0.15) is 65.2 Å². The van der Waals surface area contributed by atoms with Crippen LogP contribution in [0.4, 0.5) is 0 Å². The molecule has 0 rings (SSSR count). The molecule has 0 saturated heterocycles. The highest BCUT2D eigenvalue weighted by Crippen LogP contribution is 2.20. The summed E-state index contributed by atoms with van der Waals surface area (Å²) in [4.78, 5) is 0. The molecule has 0 bridgehead atoms. The van der Waals surface area contributed by atoms with Gasteiger partial charge in [0, 0.05) is 7.11 Å². The summed E-state index contributed by atoms with van der Waals surface area (Å²) in [5, 5.41) is 0. The zero-order valence-corrected chi connectivity index (χ0v) is 11.4. The molecule has 0 aromatic rings. The van der Waals surface area contributed by atoms with Gasteiger partial charge in [0.25, 0.3) is 0 Å².